The molecule has 0 spiro atoms. The fraction of sp³-hybridized carbons (Fsp3) is 0.167. The van der Waals surface area contributed by atoms with E-state index in [9.17, 15) is 21.6 Å². The number of nitrogens with zero attached hydrogens (tertiary/aromatic N) is 1. The molecule has 0 saturated carbocycles. The van der Waals surface area contributed by atoms with Crippen molar-refractivity contribution >= 4 is 35.7 Å². The molecule has 0 unspecified atom stereocenters. The minimum absolute atomic E-state index is 0.0657. The molecule has 0 N–H and O–H groups in total. The molecule has 0 aliphatic carbocycles. The number of rotatable bonds is 1. The highest BCUT2D eigenvalue weighted by molar-refractivity contribution is 9.10. The number of halogens is 5. The molecular formula is C6H2BrClF3NO2S. The molecule has 9 heteroatoms. The van der Waals surface area contributed by atoms with E-state index in [0.29, 0.717) is 6.07 Å². The van der Waals surface area contributed by atoms with Crippen molar-refractivity contribution in [3.8, 4) is 0 Å². The molecule has 1 heterocycles. The second kappa shape index (κ2) is 3.91. The topological polar surface area (TPSA) is 47.0 Å². The lowest BCUT2D eigenvalue weighted by atomic mass is 10.3. The van der Waals surface area contributed by atoms with Crippen molar-refractivity contribution in [1.82, 2.24) is 4.98 Å². The standard InChI is InChI=1S/C6H2BrClF3NO2S/c7-3-1-4(6(9,10)11)12-5(2-3)15(8,13)14/h1-2H. The quantitative estimate of drug-likeness (QED) is 0.746. The SMILES string of the molecule is O=S(=O)(Cl)c1cc(Br)cc(C(F)(F)F)n1. The zero-order chi connectivity index (χ0) is 11.9. The first-order valence-corrected chi connectivity index (χ1v) is 6.40. The molecular weight excluding hydrogens is 322 g/mol. The van der Waals surface area contributed by atoms with Crippen LogP contribution in [-0.4, -0.2) is 13.4 Å². The Morgan fingerprint density at radius 2 is 1.87 bits per heavy atom. The Labute approximate surface area is 95.8 Å². The Balaban J connectivity index is 3.43. The third kappa shape index (κ3) is 3.32. The highest BCUT2D eigenvalue weighted by Gasteiger charge is 2.34. The molecule has 0 amide bonds. The lowest BCUT2D eigenvalue weighted by Gasteiger charge is -2.06. The van der Waals surface area contributed by atoms with Gasteiger partial charge in [-0.15, -0.1) is 0 Å². The van der Waals surface area contributed by atoms with Crippen LogP contribution in [0.4, 0.5) is 13.2 Å². The van der Waals surface area contributed by atoms with Crippen LogP contribution in [-0.2, 0) is 15.2 Å². The molecule has 0 aliphatic heterocycles. The van der Waals surface area contributed by atoms with E-state index in [2.05, 4.69) is 20.9 Å². The summed E-state index contributed by atoms with van der Waals surface area (Å²) in [6, 6.07) is 1.54. The average molecular weight is 325 g/mol. The van der Waals surface area contributed by atoms with Crippen LogP contribution in [0.15, 0.2) is 21.6 Å². The maximum absolute atomic E-state index is 12.2. The van der Waals surface area contributed by atoms with Gasteiger partial charge in [-0.05, 0) is 12.1 Å². The van der Waals surface area contributed by atoms with Crippen molar-refractivity contribution in [3.63, 3.8) is 0 Å². The van der Waals surface area contributed by atoms with Gasteiger partial charge in [0.1, 0.15) is 5.69 Å². The van der Waals surface area contributed by atoms with Gasteiger partial charge in [0.25, 0.3) is 9.05 Å². The number of hydrogen-bond donors (Lipinski definition) is 0. The number of hydrogen-bond acceptors (Lipinski definition) is 3. The van der Waals surface area contributed by atoms with Crippen molar-refractivity contribution in [2.45, 2.75) is 11.2 Å². The minimum Gasteiger partial charge on any atom is -0.230 e. The molecule has 0 fully saturated rings. The maximum Gasteiger partial charge on any atom is 0.433 e. The molecule has 0 aliphatic rings. The van der Waals surface area contributed by atoms with Crippen molar-refractivity contribution in [3.05, 3.63) is 22.3 Å². The van der Waals surface area contributed by atoms with Crippen LogP contribution in [0, 0.1) is 0 Å². The Morgan fingerprint density at radius 1 is 1.33 bits per heavy atom. The molecule has 3 nitrogen and oxygen atoms in total. The third-order valence-electron chi connectivity index (χ3n) is 1.31. The average Bonchev–Trinajstić information content (AvgIpc) is 1.99. The molecule has 1 aromatic rings. The van der Waals surface area contributed by atoms with Crippen LogP contribution in [0.3, 0.4) is 0 Å². The summed E-state index contributed by atoms with van der Waals surface area (Å²) in [7, 11) is 0.597. The van der Waals surface area contributed by atoms with E-state index >= 15 is 0 Å². The summed E-state index contributed by atoms with van der Waals surface area (Å²) >= 11 is 2.73. The monoisotopic (exact) mass is 323 g/mol. The summed E-state index contributed by atoms with van der Waals surface area (Å²) < 4.78 is 58.1. The molecule has 84 valence electrons. The first-order valence-electron chi connectivity index (χ1n) is 3.30. The molecule has 0 atom stereocenters. The smallest absolute Gasteiger partial charge is 0.230 e. The van der Waals surface area contributed by atoms with Crippen molar-refractivity contribution in [1.29, 1.82) is 0 Å². The van der Waals surface area contributed by atoms with Crippen molar-refractivity contribution in [2.24, 2.45) is 0 Å². The Morgan fingerprint density at radius 3 is 2.27 bits per heavy atom. The van der Waals surface area contributed by atoms with Gasteiger partial charge in [-0.25, -0.2) is 13.4 Å². The maximum atomic E-state index is 12.2. The second-order valence-corrected chi connectivity index (χ2v) is 5.87. The van der Waals surface area contributed by atoms with Crippen molar-refractivity contribution in [2.75, 3.05) is 0 Å². The predicted octanol–water partition coefficient (Wildman–Crippen LogP) is 2.79. The van der Waals surface area contributed by atoms with Gasteiger partial charge in [0.15, 0.2) is 5.03 Å². The zero-order valence-electron chi connectivity index (χ0n) is 6.72. The van der Waals surface area contributed by atoms with Gasteiger partial charge >= 0.3 is 6.18 Å². The minimum atomic E-state index is -4.72. The highest BCUT2D eigenvalue weighted by atomic mass is 79.9. The van der Waals surface area contributed by atoms with Crippen LogP contribution >= 0.6 is 26.6 Å². The van der Waals surface area contributed by atoms with Gasteiger partial charge in [0.05, 0.1) is 0 Å². The van der Waals surface area contributed by atoms with E-state index < -0.39 is 25.9 Å². The molecule has 1 rings (SSSR count). The van der Waals surface area contributed by atoms with Gasteiger partial charge in [-0.3, -0.25) is 0 Å². The molecule has 0 aromatic carbocycles. The molecule has 0 bridgehead atoms. The first kappa shape index (κ1) is 12.7. The molecule has 1 aromatic heterocycles. The van der Waals surface area contributed by atoms with Crippen molar-refractivity contribution < 1.29 is 21.6 Å². The van der Waals surface area contributed by atoms with Crippen LogP contribution in [0.2, 0.25) is 0 Å². The van der Waals surface area contributed by atoms with Crippen LogP contribution in [0.1, 0.15) is 5.69 Å². The van der Waals surface area contributed by atoms with E-state index in [0.717, 1.165) is 6.07 Å². The fourth-order valence-electron chi connectivity index (χ4n) is 0.744. The third-order valence-corrected chi connectivity index (χ3v) is 2.95. The Hall–Kier alpha value is -0.340. The summed E-state index contributed by atoms with van der Waals surface area (Å²) in [5.41, 5.74) is -1.32. The summed E-state index contributed by atoms with van der Waals surface area (Å²) in [4.78, 5) is 2.90. The summed E-state index contributed by atoms with van der Waals surface area (Å²) in [5, 5.41) is -0.842. The van der Waals surface area contributed by atoms with E-state index in [1.165, 1.54) is 0 Å². The Kier molecular flexibility index (Phi) is 3.32. The molecule has 15 heavy (non-hydrogen) atoms. The zero-order valence-corrected chi connectivity index (χ0v) is 9.87. The molecule has 0 radical (unpaired) electrons. The van der Waals surface area contributed by atoms with Gasteiger partial charge in [0, 0.05) is 15.2 Å². The van der Waals surface area contributed by atoms with Crippen LogP contribution in [0.25, 0.3) is 0 Å². The highest BCUT2D eigenvalue weighted by Crippen LogP contribution is 2.31. The molecule has 0 saturated heterocycles. The Bertz CT molecular complexity index is 488. The first-order chi connectivity index (χ1) is 6.60. The summed E-state index contributed by atoms with van der Waals surface area (Å²) in [6.07, 6.45) is -4.72. The summed E-state index contributed by atoms with van der Waals surface area (Å²) in [5.74, 6) is 0. The van der Waals surface area contributed by atoms with E-state index in [-0.39, 0.29) is 4.47 Å². The van der Waals surface area contributed by atoms with Gasteiger partial charge in [-0.1, -0.05) is 15.9 Å². The normalized spacial score (nSPS) is 12.9. The largest absolute Gasteiger partial charge is 0.433 e. The van der Waals surface area contributed by atoms with Crippen LogP contribution < -0.4 is 0 Å². The summed E-state index contributed by atoms with van der Waals surface area (Å²) in [6.45, 7) is 0. The number of pyridine rings is 1. The lowest BCUT2D eigenvalue weighted by Crippen LogP contribution is -2.10. The predicted molar refractivity (Wildman–Crippen MR) is 50.0 cm³/mol. The number of aromatic nitrogens is 1. The fourth-order valence-corrected chi connectivity index (χ4v) is 2.04. The van der Waals surface area contributed by atoms with E-state index in [4.69, 9.17) is 10.7 Å². The van der Waals surface area contributed by atoms with Gasteiger partial charge in [0.2, 0.25) is 0 Å². The van der Waals surface area contributed by atoms with Gasteiger partial charge < -0.3 is 0 Å². The number of alkyl halides is 3. The lowest BCUT2D eigenvalue weighted by molar-refractivity contribution is -0.141. The second-order valence-electron chi connectivity index (χ2n) is 2.44. The van der Waals surface area contributed by atoms with Crippen LogP contribution in [0.5, 0.6) is 0 Å². The van der Waals surface area contributed by atoms with Gasteiger partial charge in [-0.2, -0.15) is 13.2 Å². The van der Waals surface area contributed by atoms with E-state index in [1.807, 2.05) is 0 Å². The van der Waals surface area contributed by atoms with E-state index in [1.54, 1.807) is 0 Å².